The molecule has 30 heavy (non-hydrogen) atoms. The van der Waals surface area contributed by atoms with Gasteiger partial charge in [0.15, 0.2) is 0 Å². The van der Waals surface area contributed by atoms with Crippen LogP contribution in [0.3, 0.4) is 0 Å². The molecule has 1 aliphatic rings. The first-order chi connectivity index (χ1) is 14.4. The molecule has 0 bridgehead atoms. The van der Waals surface area contributed by atoms with E-state index >= 15 is 0 Å². The maximum atomic E-state index is 12.2. The topological polar surface area (TPSA) is 107 Å². The van der Waals surface area contributed by atoms with E-state index in [0.29, 0.717) is 0 Å². The molecular formula is C21H23N3O5S. The Kier molecular flexibility index (Phi) is 6.94. The number of nitrogens with zero attached hydrogens (tertiary/aromatic N) is 1. The van der Waals surface area contributed by atoms with Gasteiger partial charge in [0.2, 0.25) is 0 Å². The molecule has 8 nitrogen and oxygen atoms in total. The van der Waals surface area contributed by atoms with Crippen LogP contribution in [0.25, 0.3) is 10.9 Å². The molecule has 1 aliphatic heterocycles. The zero-order valence-electron chi connectivity index (χ0n) is 17.0. The molecule has 2 amide bonds. The van der Waals surface area contributed by atoms with Crippen LogP contribution < -0.4 is 10.6 Å². The predicted octanol–water partition coefficient (Wildman–Crippen LogP) is 2.70. The molecule has 3 rings (SSSR count). The number of aryl methyl sites for hydroxylation is 1. The van der Waals surface area contributed by atoms with Gasteiger partial charge in [0.1, 0.15) is 6.61 Å². The van der Waals surface area contributed by atoms with Crippen LogP contribution in [-0.4, -0.2) is 48.0 Å². The van der Waals surface area contributed by atoms with Crippen LogP contribution in [0.1, 0.15) is 19.4 Å². The molecule has 1 aromatic heterocycles. The first kappa shape index (κ1) is 21.6. The fourth-order valence-electron chi connectivity index (χ4n) is 3.11. The molecule has 9 heteroatoms. The van der Waals surface area contributed by atoms with Crippen LogP contribution in [0, 0.1) is 6.92 Å². The van der Waals surface area contributed by atoms with Crippen LogP contribution in [0.15, 0.2) is 46.6 Å². The van der Waals surface area contributed by atoms with Crippen molar-refractivity contribution in [1.82, 2.24) is 15.6 Å². The summed E-state index contributed by atoms with van der Waals surface area (Å²) >= 11 is 1.27. The number of hydrogen-bond acceptors (Lipinski definition) is 7. The van der Waals surface area contributed by atoms with E-state index in [4.69, 9.17) is 9.47 Å². The average molecular weight is 429 g/mol. The van der Waals surface area contributed by atoms with Crippen molar-refractivity contribution >= 4 is 40.6 Å². The minimum Gasteiger partial charge on any atom is -0.463 e. The lowest BCUT2D eigenvalue weighted by molar-refractivity contribution is -0.141. The van der Waals surface area contributed by atoms with Crippen LogP contribution in [0.4, 0.5) is 4.79 Å². The van der Waals surface area contributed by atoms with Crippen molar-refractivity contribution in [2.75, 3.05) is 19.0 Å². The molecule has 158 valence electrons. The van der Waals surface area contributed by atoms with E-state index in [9.17, 15) is 14.4 Å². The van der Waals surface area contributed by atoms with Crippen molar-refractivity contribution < 1.29 is 23.9 Å². The molecule has 0 radical (unpaired) electrons. The molecule has 0 aliphatic carbocycles. The lowest BCUT2D eigenvalue weighted by atomic mass is 10.0. The molecular weight excluding hydrogens is 406 g/mol. The maximum absolute atomic E-state index is 12.2. The molecule has 0 spiro atoms. The van der Waals surface area contributed by atoms with Crippen molar-refractivity contribution in [1.29, 1.82) is 0 Å². The number of amides is 2. The first-order valence-corrected chi connectivity index (χ1v) is 10.5. The van der Waals surface area contributed by atoms with Gasteiger partial charge < -0.3 is 20.1 Å². The summed E-state index contributed by atoms with van der Waals surface area (Å²) in [4.78, 5) is 40.7. The number of aromatic nitrogens is 1. The minimum atomic E-state index is -0.561. The molecule has 2 N–H and O–H groups in total. The van der Waals surface area contributed by atoms with E-state index in [1.54, 1.807) is 13.8 Å². The van der Waals surface area contributed by atoms with Gasteiger partial charge in [0.05, 0.1) is 40.2 Å². The SMILES string of the molecule is CCOC(=O)C1=C(COC(=O)CSc2cc(C)c3ccccc3n2)NC(=O)N[C@H]1C. The highest BCUT2D eigenvalue weighted by Gasteiger charge is 2.30. The van der Waals surface area contributed by atoms with Gasteiger partial charge in [-0.1, -0.05) is 30.0 Å². The number of carbonyl (C=O) groups is 3. The molecule has 2 aromatic rings. The van der Waals surface area contributed by atoms with Gasteiger partial charge in [0, 0.05) is 5.39 Å². The van der Waals surface area contributed by atoms with E-state index in [-0.39, 0.29) is 30.2 Å². The molecule has 1 atom stereocenters. The van der Waals surface area contributed by atoms with Crippen molar-refractivity contribution in [2.24, 2.45) is 0 Å². The number of benzene rings is 1. The van der Waals surface area contributed by atoms with Gasteiger partial charge in [0.25, 0.3) is 0 Å². The molecule has 0 fully saturated rings. The van der Waals surface area contributed by atoms with Crippen molar-refractivity contribution in [3.05, 3.63) is 47.2 Å². The first-order valence-electron chi connectivity index (χ1n) is 9.51. The fourth-order valence-corrected chi connectivity index (χ4v) is 3.89. The highest BCUT2D eigenvalue weighted by molar-refractivity contribution is 7.99. The van der Waals surface area contributed by atoms with Crippen molar-refractivity contribution in [3.8, 4) is 0 Å². The fraction of sp³-hybridized carbons (Fsp3) is 0.333. The highest BCUT2D eigenvalue weighted by atomic mass is 32.2. The molecule has 2 heterocycles. The average Bonchev–Trinajstić information content (AvgIpc) is 2.70. The Balaban J connectivity index is 1.63. The van der Waals surface area contributed by atoms with E-state index in [1.807, 2.05) is 37.3 Å². The van der Waals surface area contributed by atoms with Gasteiger partial charge in [-0.15, -0.1) is 0 Å². The standard InChI is InChI=1S/C21H23N3O5S/c1-4-28-20(26)19-13(3)22-21(27)24-16(19)10-29-18(25)11-30-17-9-12(2)14-7-5-6-8-15(14)23-17/h5-9,13H,4,10-11H2,1-3H3,(H2,22,24,27)/t13-/m0/s1. The molecule has 0 saturated heterocycles. The highest BCUT2D eigenvalue weighted by Crippen LogP contribution is 2.23. The minimum absolute atomic E-state index is 0.0501. The summed E-state index contributed by atoms with van der Waals surface area (Å²) in [5.74, 6) is -0.994. The van der Waals surface area contributed by atoms with Crippen molar-refractivity contribution in [3.63, 3.8) is 0 Å². The van der Waals surface area contributed by atoms with E-state index in [2.05, 4.69) is 15.6 Å². The number of rotatable bonds is 7. The van der Waals surface area contributed by atoms with Gasteiger partial charge in [-0.2, -0.15) is 0 Å². The van der Waals surface area contributed by atoms with Gasteiger partial charge in [-0.05, 0) is 38.5 Å². The second-order valence-electron chi connectivity index (χ2n) is 6.68. The summed E-state index contributed by atoms with van der Waals surface area (Å²) in [6.07, 6.45) is 0. The second-order valence-corrected chi connectivity index (χ2v) is 7.67. The number of esters is 2. The Bertz CT molecular complexity index is 1020. The molecule has 0 saturated carbocycles. The van der Waals surface area contributed by atoms with Crippen LogP contribution >= 0.6 is 11.8 Å². The Labute approximate surface area is 178 Å². The number of carbonyl (C=O) groups excluding carboxylic acids is 3. The lowest BCUT2D eigenvalue weighted by Gasteiger charge is -2.26. The number of para-hydroxylation sites is 1. The number of pyridine rings is 1. The summed E-state index contributed by atoms with van der Waals surface area (Å²) in [5.41, 5.74) is 2.41. The summed E-state index contributed by atoms with van der Waals surface area (Å²) in [7, 11) is 0. The number of urea groups is 1. The monoisotopic (exact) mass is 429 g/mol. The quantitative estimate of drug-likeness (QED) is 0.515. The number of ether oxygens (including phenoxy) is 2. The van der Waals surface area contributed by atoms with Gasteiger partial charge >= 0.3 is 18.0 Å². The van der Waals surface area contributed by atoms with Crippen LogP contribution in [-0.2, 0) is 19.1 Å². The third-order valence-corrected chi connectivity index (χ3v) is 5.37. The number of thioether (sulfide) groups is 1. The normalized spacial score (nSPS) is 16.1. The summed E-state index contributed by atoms with van der Waals surface area (Å²) < 4.78 is 10.3. The van der Waals surface area contributed by atoms with E-state index in [0.717, 1.165) is 21.5 Å². The lowest BCUT2D eigenvalue weighted by Crippen LogP contribution is -2.50. The Morgan fingerprint density at radius 2 is 2.00 bits per heavy atom. The van der Waals surface area contributed by atoms with Crippen LogP contribution in [0.2, 0.25) is 0 Å². The Morgan fingerprint density at radius 3 is 2.77 bits per heavy atom. The zero-order chi connectivity index (χ0) is 21.7. The summed E-state index contributed by atoms with van der Waals surface area (Å²) in [6, 6.07) is 8.72. The van der Waals surface area contributed by atoms with Crippen LogP contribution in [0.5, 0.6) is 0 Å². The van der Waals surface area contributed by atoms with Gasteiger partial charge in [-0.3, -0.25) is 4.79 Å². The van der Waals surface area contributed by atoms with Gasteiger partial charge in [-0.25, -0.2) is 14.6 Å². The largest absolute Gasteiger partial charge is 0.463 e. The molecule has 0 unspecified atom stereocenters. The number of hydrogen-bond donors (Lipinski definition) is 2. The van der Waals surface area contributed by atoms with E-state index in [1.165, 1.54) is 11.8 Å². The maximum Gasteiger partial charge on any atom is 0.338 e. The zero-order valence-corrected chi connectivity index (χ0v) is 17.8. The summed E-state index contributed by atoms with van der Waals surface area (Å²) in [6.45, 7) is 5.32. The Morgan fingerprint density at radius 1 is 1.23 bits per heavy atom. The third kappa shape index (κ3) is 5.10. The second kappa shape index (κ2) is 9.62. The summed E-state index contributed by atoms with van der Waals surface area (Å²) in [5, 5.41) is 6.91. The molecule has 1 aromatic carbocycles. The third-order valence-electron chi connectivity index (χ3n) is 4.48. The number of nitrogens with one attached hydrogen (secondary N) is 2. The smallest absolute Gasteiger partial charge is 0.338 e. The predicted molar refractivity (Wildman–Crippen MR) is 113 cm³/mol. The Hall–Kier alpha value is -3.07. The van der Waals surface area contributed by atoms with E-state index < -0.39 is 24.0 Å². The van der Waals surface area contributed by atoms with Crippen molar-refractivity contribution in [2.45, 2.75) is 31.8 Å². The number of fused-ring (bicyclic) bond motifs is 1.